The van der Waals surface area contributed by atoms with Crippen LogP contribution in [0.1, 0.15) is 0 Å². The summed E-state index contributed by atoms with van der Waals surface area (Å²) < 4.78 is 4.49. The SMILES string of the molecule is C=CCOC(=O)/C=C/C=O. The van der Waals surface area contributed by atoms with Gasteiger partial charge in [-0.1, -0.05) is 12.7 Å². The number of ether oxygens (including phenoxy) is 1. The van der Waals surface area contributed by atoms with E-state index in [4.69, 9.17) is 0 Å². The third-order valence-electron chi connectivity index (χ3n) is 0.654. The molecular weight excluding hydrogens is 132 g/mol. The maximum absolute atomic E-state index is 10.4. The molecule has 0 amide bonds. The molecule has 0 aromatic heterocycles. The highest BCUT2D eigenvalue weighted by Gasteiger charge is 1.90. The van der Waals surface area contributed by atoms with Crippen LogP contribution in [0.5, 0.6) is 0 Å². The van der Waals surface area contributed by atoms with Crippen molar-refractivity contribution in [2.45, 2.75) is 0 Å². The van der Waals surface area contributed by atoms with E-state index in [1.165, 1.54) is 6.08 Å². The molecule has 0 unspecified atom stereocenters. The molecule has 0 aromatic carbocycles. The Morgan fingerprint density at radius 1 is 1.60 bits per heavy atom. The molecule has 0 heterocycles. The van der Waals surface area contributed by atoms with Gasteiger partial charge in [-0.05, 0) is 6.08 Å². The normalized spacial score (nSPS) is 9.20. The third-order valence-corrected chi connectivity index (χ3v) is 0.654. The Bertz CT molecular complexity index is 158. The summed E-state index contributed by atoms with van der Waals surface area (Å²) in [5, 5.41) is 0. The van der Waals surface area contributed by atoms with Crippen molar-refractivity contribution in [1.82, 2.24) is 0 Å². The van der Waals surface area contributed by atoms with Gasteiger partial charge in [-0.15, -0.1) is 0 Å². The summed E-state index contributed by atoms with van der Waals surface area (Å²) in [6.45, 7) is 3.51. The average molecular weight is 140 g/mol. The van der Waals surface area contributed by atoms with Crippen molar-refractivity contribution in [3.05, 3.63) is 24.8 Å². The molecule has 0 saturated carbocycles. The Balaban J connectivity index is 3.52. The lowest BCUT2D eigenvalue weighted by atomic mass is 10.5. The maximum Gasteiger partial charge on any atom is 0.331 e. The minimum Gasteiger partial charge on any atom is -0.458 e. The lowest BCUT2D eigenvalue weighted by molar-refractivity contribution is -0.136. The molecule has 0 aromatic rings. The molecular formula is C7H8O3. The fourth-order valence-corrected chi connectivity index (χ4v) is 0.307. The first kappa shape index (κ1) is 8.62. The summed E-state index contributed by atoms with van der Waals surface area (Å²) in [4.78, 5) is 20.1. The van der Waals surface area contributed by atoms with Crippen LogP contribution in [0.25, 0.3) is 0 Å². The minimum absolute atomic E-state index is 0.169. The second-order valence-corrected chi connectivity index (χ2v) is 1.41. The van der Waals surface area contributed by atoms with Crippen molar-refractivity contribution in [2.75, 3.05) is 6.61 Å². The zero-order chi connectivity index (χ0) is 7.82. The van der Waals surface area contributed by atoms with E-state index < -0.39 is 5.97 Å². The molecule has 0 bridgehead atoms. The van der Waals surface area contributed by atoms with E-state index in [2.05, 4.69) is 11.3 Å². The molecule has 10 heavy (non-hydrogen) atoms. The van der Waals surface area contributed by atoms with Gasteiger partial charge in [0, 0.05) is 6.08 Å². The van der Waals surface area contributed by atoms with Gasteiger partial charge in [0.05, 0.1) is 0 Å². The van der Waals surface area contributed by atoms with E-state index in [1.54, 1.807) is 0 Å². The van der Waals surface area contributed by atoms with Crippen LogP contribution in [0.15, 0.2) is 24.8 Å². The van der Waals surface area contributed by atoms with Crippen molar-refractivity contribution < 1.29 is 14.3 Å². The first-order valence-corrected chi connectivity index (χ1v) is 2.70. The molecule has 0 radical (unpaired) electrons. The molecule has 0 fully saturated rings. The van der Waals surface area contributed by atoms with Crippen molar-refractivity contribution in [1.29, 1.82) is 0 Å². The lowest BCUT2D eigenvalue weighted by Crippen LogP contribution is -1.99. The predicted octanol–water partition coefficient (Wildman–Crippen LogP) is 0.471. The molecule has 0 aliphatic carbocycles. The van der Waals surface area contributed by atoms with Crippen LogP contribution in [0.3, 0.4) is 0 Å². The first-order valence-electron chi connectivity index (χ1n) is 2.70. The Morgan fingerprint density at radius 2 is 2.30 bits per heavy atom. The van der Waals surface area contributed by atoms with Crippen molar-refractivity contribution in [3.8, 4) is 0 Å². The number of hydrogen-bond acceptors (Lipinski definition) is 3. The molecule has 0 aliphatic rings. The van der Waals surface area contributed by atoms with Crippen LogP contribution in [-0.4, -0.2) is 18.9 Å². The number of carbonyl (C=O) groups excluding carboxylic acids is 2. The van der Waals surface area contributed by atoms with Gasteiger partial charge in [-0.25, -0.2) is 4.79 Å². The maximum atomic E-state index is 10.4. The van der Waals surface area contributed by atoms with Crippen LogP contribution >= 0.6 is 0 Å². The highest BCUT2D eigenvalue weighted by atomic mass is 16.5. The van der Waals surface area contributed by atoms with E-state index in [0.717, 1.165) is 12.2 Å². The van der Waals surface area contributed by atoms with Crippen LogP contribution < -0.4 is 0 Å². The van der Waals surface area contributed by atoms with E-state index in [1.807, 2.05) is 0 Å². The van der Waals surface area contributed by atoms with Crippen molar-refractivity contribution >= 4 is 12.3 Å². The Kier molecular flexibility index (Phi) is 4.96. The van der Waals surface area contributed by atoms with Crippen LogP contribution in [-0.2, 0) is 14.3 Å². The average Bonchev–Trinajstić information content (AvgIpc) is 1.97. The van der Waals surface area contributed by atoms with E-state index in [9.17, 15) is 9.59 Å². The molecule has 0 saturated heterocycles. The number of carbonyl (C=O) groups is 2. The summed E-state index contributed by atoms with van der Waals surface area (Å²) >= 11 is 0. The fourth-order valence-electron chi connectivity index (χ4n) is 0.307. The van der Waals surface area contributed by atoms with E-state index in [-0.39, 0.29) is 6.61 Å². The summed E-state index contributed by atoms with van der Waals surface area (Å²) in [6.07, 6.45) is 4.09. The Hall–Kier alpha value is -1.38. The van der Waals surface area contributed by atoms with Gasteiger partial charge in [0.1, 0.15) is 12.9 Å². The molecule has 0 N–H and O–H groups in total. The highest BCUT2D eigenvalue weighted by molar-refractivity contribution is 5.86. The second kappa shape index (κ2) is 5.75. The minimum atomic E-state index is -0.535. The summed E-state index contributed by atoms with van der Waals surface area (Å²) in [5.74, 6) is -0.535. The number of allylic oxidation sites excluding steroid dienone is 1. The molecule has 0 spiro atoms. The largest absolute Gasteiger partial charge is 0.458 e. The monoisotopic (exact) mass is 140 g/mol. The fraction of sp³-hybridized carbons (Fsp3) is 0.143. The smallest absolute Gasteiger partial charge is 0.331 e. The van der Waals surface area contributed by atoms with Gasteiger partial charge < -0.3 is 4.74 Å². The van der Waals surface area contributed by atoms with Crippen LogP contribution in [0, 0.1) is 0 Å². The quantitative estimate of drug-likeness (QED) is 0.247. The summed E-state index contributed by atoms with van der Waals surface area (Å²) in [5.41, 5.74) is 0. The number of esters is 1. The zero-order valence-electron chi connectivity index (χ0n) is 5.45. The number of rotatable bonds is 4. The van der Waals surface area contributed by atoms with E-state index >= 15 is 0 Å². The lowest BCUT2D eigenvalue weighted by Gasteiger charge is -1.92. The Morgan fingerprint density at radius 3 is 2.80 bits per heavy atom. The molecule has 0 rings (SSSR count). The van der Waals surface area contributed by atoms with E-state index in [0.29, 0.717) is 6.29 Å². The molecule has 0 atom stereocenters. The molecule has 54 valence electrons. The number of hydrogen-bond donors (Lipinski definition) is 0. The summed E-state index contributed by atoms with van der Waals surface area (Å²) in [6, 6.07) is 0. The highest BCUT2D eigenvalue weighted by Crippen LogP contribution is 1.79. The molecule has 3 nitrogen and oxygen atoms in total. The van der Waals surface area contributed by atoms with Gasteiger partial charge in [0.2, 0.25) is 0 Å². The topological polar surface area (TPSA) is 43.4 Å². The van der Waals surface area contributed by atoms with Crippen LogP contribution in [0.4, 0.5) is 0 Å². The van der Waals surface area contributed by atoms with Gasteiger partial charge in [0.25, 0.3) is 0 Å². The summed E-state index contributed by atoms with van der Waals surface area (Å²) in [7, 11) is 0. The van der Waals surface area contributed by atoms with Crippen LogP contribution in [0.2, 0.25) is 0 Å². The Labute approximate surface area is 59.0 Å². The van der Waals surface area contributed by atoms with Gasteiger partial charge >= 0.3 is 5.97 Å². The first-order chi connectivity index (χ1) is 4.81. The predicted molar refractivity (Wildman–Crippen MR) is 36.4 cm³/mol. The standard InChI is InChI=1S/C7H8O3/c1-2-6-10-7(9)4-3-5-8/h2-5H,1,6H2/b4-3+. The van der Waals surface area contributed by atoms with Gasteiger partial charge in [0.15, 0.2) is 0 Å². The number of aldehydes is 1. The van der Waals surface area contributed by atoms with Gasteiger partial charge in [-0.3, -0.25) is 4.79 Å². The second-order valence-electron chi connectivity index (χ2n) is 1.41. The third kappa shape index (κ3) is 4.77. The van der Waals surface area contributed by atoms with Gasteiger partial charge in [-0.2, -0.15) is 0 Å². The molecule has 0 aliphatic heterocycles. The zero-order valence-corrected chi connectivity index (χ0v) is 5.45. The van der Waals surface area contributed by atoms with Crippen molar-refractivity contribution in [3.63, 3.8) is 0 Å². The molecule has 3 heteroatoms. The van der Waals surface area contributed by atoms with Crippen molar-refractivity contribution in [2.24, 2.45) is 0 Å².